The first-order valence-corrected chi connectivity index (χ1v) is 5.16. The van der Waals surface area contributed by atoms with Crippen molar-refractivity contribution in [3.05, 3.63) is 29.8 Å². The van der Waals surface area contributed by atoms with Gasteiger partial charge in [0.25, 0.3) is 0 Å². The molecule has 0 heterocycles. The Morgan fingerprint density at radius 2 is 2.06 bits per heavy atom. The number of carbonyl (C=O) groups is 2. The van der Waals surface area contributed by atoms with Gasteiger partial charge in [0.2, 0.25) is 5.91 Å². The highest BCUT2D eigenvalue weighted by Crippen LogP contribution is 2.26. The second-order valence-electron chi connectivity index (χ2n) is 3.59. The normalized spacial score (nSPS) is 11.6. The molecule has 0 unspecified atom stereocenters. The highest BCUT2D eigenvalue weighted by atomic mass is 16.5. The summed E-state index contributed by atoms with van der Waals surface area (Å²) in [5, 5.41) is 11.4. The molecular formula is C12H15NO4. The fraction of sp³-hybridized carbons (Fsp3) is 0.333. The van der Waals surface area contributed by atoms with E-state index >= 15 is 0 Å². The van der Waals surface area contributed by atoms with Crippen molar-refractivity contribution >= 4 is 11.9 Å². The highest BCUT2D eigenvalue weighted by Gasteiger charge is 2.19. The largest absolute Gasteiger partial charge is 0.496 e. The third-order valence-corrected chi connectivity index (χ3v) is 2.27. The van der Waals surface area contributed by atoms with E-state index in [1.165, 1.54) is 14.0 Å². The molecule has 5 nitrogen and oxygen atoms in total. The minimum atomic E-state index is -0.977. The molecule has 0 aliphatic heterocycles. The Morgan fingerprint density at radius 1 is 1.41 bits per heavy atom. The van der Waals surface area contributed by atoms with Crippen LogP contribution in [0.25, 0.3) is 0 Å². The molecule has 0 aliphatic rings. The van der Waals surface area contributed by atoms with Crippen LogP contribution in [0.1, 0.15) is 24.9 Å². The van der Waals surface area contributed by atoms with Gasteiger partial charge in [-0.15, -0.1) is 0 Å². The molecule has 5 heteroatoms. The third-order valence-electron chi connectivity index (χ3n) is 2.27. The minimum Gasteiger partial charge on any atom is -0.496 e. The van der Waals surface area contributed by atoms with E-state index in [4.69, 9.17) is 9.84 Å². The van der Waals surface area contributed by atoms with Crippen LogP contribution < -0.4 is 10.1 Å². The lowest BCUT2D eigenvalue weighted by molar-refractivity contribution is -0.137. The Hall–Kier alpha value is -2.04. The lowest BCUT2D eigenvalue weighted by Gasteiger charge is -2.18. The summed E-state index contributed by atoms with van der Waals surface area (Å²) in [6.45, 7) is 1.35. The molecule has 1 aromatic carbocycles. The quantitative estimate of drug-likeness (QED) is 0.810. The number of methoxy groups -OCH3 is 1. The lowest BCUT2D eigenvalue weighted by atomic mass is 10.0. The molecule has 0 spiro atoms. The number of benzene rings is 1. The van der Waals surface area contributed by atoms with Gasteiger partial charge in [-0.05, 0) is 6.07 Å². The van der Waals surface area contributed by atoms with Crippen molar-refractivity contribution in [3.8, 4) is 5.75 Å². The van der Waals surface area contributed by atoms with Crippen molar-refractivity contribution in [2.75, 3.05) is 7.11 Å². The molecule has 92 valence electrons. The standard InChI is InChI=1S/C12H15NO4/c1-8(14)13-10(7-12(15)16)9-5-3-4-6-11(9)17-2/h3-6,10H,7H2,1-2H3,(H,13,14)(H,15,16)/t10-/m0/s1. The van der Waals surface area contributed by atoms with Crippen LogP contribution in [0, 0.1) is 0 Å². The average Bonchev–Trinajstić information content (AvgIpc) is 2.27. The molecule has 2 N–H and O–H groups in total. The molecule has 17 heavy (non-hydrogen) atoms. The first-order valence-electron chi connectivity index (χ1n) is 5.16. The number of ether oxygens (including phenoxy) is 1. The zero-order chi connectivity index (χ0) is 12.8. The maximum atomic E-state index is 11.1. The van der Waals surface area contributed by atoms with Gasteiger partial charge in [-0.25, -0.2) is 0 Å². The van der Waals surface area contributed by atoms with E-state index in [9.17, 15) is 9.59 Å². The number of aliphatic carboxylic acids is 1. The van der Waals surface area contributed by atoms with E-state index in [1.807, 2.05) is 0 Å². The average molecular weight is 237 g/mol. The Bertz CT molecular complexity index is 401. The number of rotatable bonds is 5. The Kier molecular flexibility index (Phi) is 4.51. The summed E-state index contributed by atoms with van der Waals surface area (Å²) >= 11 is 0. The van der Waals surface area contributed by atoms with Crippen LogP contribution in [0.4, 0.5) is 0 Å². The third kappa shape index (κ3) is 3.79. The van der Waals surface area contributed by atoms with Crippen molar-refractivity contribution in [1.82, 2.24) is 5.32 Å². The maximum Gasteiger partial charge on any atom is 0.305 e. The van der Waals surface area contributed by atoms with Crippen molar-refractivity contribution in [3.63, 3.8) is 0 Å². The number of carboxylic acids is 1. The van der Waals surface area contributed by atoms with Crippen LogP contribution in [0.15, 0.2) is 24.3 Å². The fourth-order valence-corrected chi connectivity index (χ4v) is 1.61. The van der Waals surface area contributed by atoms with Gasteiger partial charge in [0, 0.05) is 12.5 Å². The topological polar surface area (TPSA) is 75.6 Å². The fourth-order valence-electron chi connectivity index (χ4n) is 1.61. The summed E-state index contributed by atoms with van der Waals surface area (Å²) in [4.78, 5) is 21.8. The molecule has 0 radical (unpaired) electrons. The Balaban J connectivity index is 3.02. The molecule has 0 fully saturated rings. The van der Waals surface area contributed by atoms with Crippen molar-refractivity contribution in [2.45, 2.75) is 19.4 Å². The molecule has 1 aromatic rings. The van der Waals surface area contributed by atoms with Gasteiger partial charge in [0.15, 0.2) is 0 Å². The van der Waals surface area contributed by atoms with E-state index in [1.54, 1.807) is 24.3 Å². The van der Waals surface area contributed by atoms with Gasteiger partial charge in [-0.2, -0.15) is 0 Å². The molecule has 1 atom stereocenters. The van der Waals surface area contributed by atoms with Crippen LogP contribution >= 0.6 is 0 Å². The summed E-state index contributed by atoms with van der Waals surface area (Å²) in [5.41, 5.74) is 0.660. The summed E-state index contributed by atoms with van der Waals surface area (Å²) < 4.78 is 5.15. The summed E-state index contributed by atoms with van der Waals surface area (Å²) in [6, 6.07) is 6.44. The predicted octanol–water partition coefficient (Wildman–Crippen LogP) is 1.35. The number of nitrogens with one attached hydrogen (secondary N) is 1. The Morgan fingerprint density at radius 3 is 2.59 bits per heavy atom. The molecule has 0 saturated carbocycles. The van der Waals surface area contributed by atoms with Crippen molar-refractivity contribution in [1.29, 1.82) is 0 Å². The molecule has 0 aliphatic carbocycles. The monoisotopic (exact) mass is 237 g/mol. The molecule has 1 rings (SSSR count). The number of carboxylic acid groups (broad SMARTS) is 1. The smallest absolute Gasteiger partial charge is 0.305 e. The van der Waals surface area contributed by atoms with Gasteiger partial charge in [0.1, 0.15) is 5.75 Å². The first-order chi connectivity index (χ1) is 8.04. The van der Waals surface area contributed by atoms with Gasteiger partial charge >= 0.3 is 5.97 Å². The molecule has 0 bridgehead atoms. The maximum absolute atomic E-state index is 11.1. The number of hydrogen-bond acceptors (Lipinski definition) is 3. The molecule has 1 amide bonds. The summed E-state index contributed by atoms with van der Waals surface area (Å²) in [7, 11) is 1.50. The van der Waals surface area contributed by atoms with Crippen LogP contribution in [0.5, 0.6) is 5.75 Å². The van der Waals surface area contributed by atoms with Gasteiger partial charge < -0.3 is 15.2 Å². The van der Waals surface area contributed by atoms with Crippen molar-refractivity contribution in [2.24, 2.45) is 0 Å². The lowest BCUT2D eigenvalue weighted by Crippen LogP contribution is -2.28. The summed E-state index contributed by atoms with van der Waals surface area (Å²) in [5.74, 6) is -0.690. The Labute approximate surface area is 99.4 Å². The highest BCUT2D eigenvalue weighted by molar-refractivity contribution is 5.75. The van der Waals surface area contributed by atoms with Crippen LogP contribution in [0.3, 0.4) is 0 Å². The van der Waals surface area contributed by atoms with Gasteiger partial charge in [0.05, 0.1) is 19.6 Å². The minimum absolute atomic E-state index is 0.181. The van der Waals surface area contributed by atoms with Gasteiger partial charge in [-0.3, -0.25) is 9.59 Å². The zero-order valence-electron chi connectivity index (χ0n) is 9.77. The number of hydrogen-bond donors (Lipinski definition) is 2. The molecule has 0 aromatic heterocycles. The molecule has 0 saturated heterocycles. The van der Waals surface area contributed by atoms with E-state index in [0.29, 0.717) is 11.3 Å². The van der Waals surface area contributed by atoms with E-state index in [-0.39, 0.29) is 12.3 Å². The molecular weight excluding hydrogens is 222 g/mol. The number of amides is 1. The predicted molar refractivity (Wildman–Crippen MR) is 61.8 cm³/mol. The zero-order valence-corrected chi connectivity index (χ0v) is 9.77. The SMILES string of the molecule is COc1ccccc1[C@H](CC(=O)O)NC(C)=O. The van der Waals surface area contributed by atoms with Crippen LogP contribution in [-0.2, 0) is 9.59 Å². The van der Waals surface area contributed by atoms with E-state index in [0.717, 1.165) is 0 Å². The van der Waals surface area contributed by atoms with E-state index in [2.05, 4.69) is 5.32 Å². The number of carbonyl (C=O) groups excluding carboxylic acids is 1. The van der Waals surface area contributed by atoms with Gasteiger partial charge in [-0.1, -0.05) is 18.2 Å². The van der Waals surface area contributed by atoms with Crippen molar-refractivity contribution < 1.29 is 19.4 Å². The van der Waals surface area contributed by atoms with Crippen LogP contribution in [-0.4, -0.2) is 24.1 Å². The van der Waals surface area contributed by atoms with Crippen LogP contribution in [0.2, 0.25) is 0 Å². The second kappa shape index (κ2) is 5.89. The number of para-hydroxylation sites is 1. The van der Waals surface area contributed by atoms with E-state index < -0.39 is 12.0 Å². The second-order valence-corrected chi connectivity index (χ2v) is 3.59. The first kappa shape index (κ1) is 13.0. The summed E-state index contributed by atoms with van der Waals surface area (Å²) in [6.07, 6.45) is -0.181.